The average molecular weight is 507 g/mol. The molecule has 2 N–H and O–H groups in total. The third kappa shape index (κ3) is 3.16. The minimum atomic E-state index is -0.122. The van der Waals surface area contributed by atoms with E-state index in [9.17, 15) is 0 Å². The lowest BCUT2D eigenvalue weighted by Crippen LogP contribution is -2.30. The summed E-state index contributed by atoms with van der Waals surface area (Å²) in [5, 5.41) is 15.1. The van der Waals surface area contributed by atoms with Crippen LogP contribution in [0.3, 0.4) is 0 Å². The number of anilines is 1. The predicted octanol–water partition coefficient (Wildman–Crippen LogP) is 5.54. The van der Waals surface area contributed by atoms with Gasteiger partial charge in [-0.15, -0.1) is 0 Å². The molecular weight excluding hydrogens is 472 g/mol. The van der Waals surface area contributed by atoms with Crippen LogP contribution in [0.25, 0.3) is 44.3 Å². The molecule has 5 aromatic rings. The maximum atomic E-state index is 4.98. The van der Waals surface area contributed by atoms with Crippen molar-refractivity contribution in [3.63, 3.8) is 0 Å². The number of nitrogens with one attached hydrogen (secondary N) is 2. The Kier molecular flexibility index (Phi) is 5.07. The van der Waals surface area contributed by atoms with Crippen LogP contribution in [0.4, 0.5) is 5.69 Å². The van der Waals surface area contributed by atoms with Crippen LogP contribution in [-0.4, -0.2) is 49.7 Å². The van der Waals surface area contributed by atoms with Crippen LogP contribution in [0.2, 0.25) is 0 Å². The number of aromatic nitrogens is 6. The standard InChI is InChI=1S/C30H34N8/c1-18(2)38-17-22(15-34-38)28-25(20-7-8-23-21(13-20)14-33-37(23)5)26-27-24(16-32-29(26)35-28)36(4)19(3)30(27)9-6-11-31-12-10-30/h7-8,13-18,31H,3,6,9-12H2,1-2,4-5H3,(H,32,35). The molecule has 8 nitrogen and oxygen atoms in total. The van der Waals surface area contributed by atoms with Crippen LogP contribution in [0, 0.1) is 0 Å². The number of pyridine rings is 1. The van der Waals surface area contributed by atoms with Crippen molar-refractivity contribution in [2.75, 3.05) is 25.0 Å². The predicted molar refractivity (Wildman–Crippen MR) is 153 cm³/mol. The summed E-state index contributed by atoms with van der Waals surface area (Å²) in [4.78, 5) is 11.0. The Morgan fingerprint density at radius 3 is 2.71 bits per heavy atom. The van der Waals surface area contributed by atoms with Gasteiger partial charge in [0.25, 0.3) is 0 Å². The van der Waals surface area contributed by atoms with E-state index >= 15 is 0 Å². The van der Waals surface area contributed by atoms with Crippen molar-refractivity contribution in [2.24, 2.45) is 7.05 Å². The van der Waals surface area contributed by atoms with Crippen molar-refractivity contribution >= 4 is 27.6 Å². The van der Waals surface area contributed by atoms with Gasteiger partial charge in [-0.3, -0.25) is 9.36 Å². The number of aromatic amines is 1. The van der Waals surface area contributed by atoms with Crippen LogP contribution in [0.1, 0.15) is 44.7 Å². The second-order valence-corrected chi connectivity index (χ2v) is 11.2. The zero-order chi connectivity index (χ0) is 26.2. The number of rotatable bonds is 3. The molecule has 0 bridgehead atoms. The molecule has 0 aliphatic carbocycles. The number of hydrogen-bond acceptors (Lipinski definition) is 5. The second-order valence-electron chi connectivity index (χ2n) is 11.2. The molecule has 1 aromatic carbocycles. The van der Waals surface area contributed by atoms with E-state index in [1.54, 1.807) is 0 Å². The van der Waals surface area contributed by atoms with Crippen LogP contribution >= 0.6 is 0 Å². The summed E-state index contributed by atoms with van der Waals surface area (Å²) in [7, 11) is 4.13. The first-order chi connectivity index (χ1) is 18.4. The van der Waals surface area contributed by atoms with E-state index in [0.717, 1.165) is 71.4 Å². The first-order valence-electron chi connectivity index (χ1n) is 13.5. The highest BCUT2D eigenvalue weighted by Gasteiger charge is 2.47. The minimum Gasteiger partial charge on any atom is -0.346 e. The van der Waals surface area contributed by atoms with Crippen molar-refractivity contribution < 1.29 is 0 Å². The van der Waals surface area contributed by atoms with Crippen LogP contribution < -0.4 is 10.2 Å². The Balaban J connectivity index is 1.58. The maximum Gasteiger partial charge on any atom is 0.138 e. The molecule has 4 aromatic heterocycles. The number of likely N-dealkylation sites (N-methyl/N-ethyl adjacent to an activating group) is 1. The maximum absolute atomic E-state index is 4.98. The quantitative estimate of drug-likeness (QED) is 0.336. The van der Waals surface area contributed by atoms with Gasteiger partial charge in [0.05, 0.1) is 35.5 Å². The number of benzene rings is 1. The van der Waals surface area contributed by atoms with Gasteiger partial charge in [-0.25, -0.2) is 4.98 Å². The largest absolute Gasteiger partial charge is 0.346 e. The van der Waals surface area contributed by atoms with E-state index in [4.69, 9.17) is 4.98 Å². The van der Waals surface area contributed by atoms with Gasteiger partial charge in [-0.2, -0.15) is 10.2 Å². The molecule has 6 heterocycles. The molecule has 1 atom stereocenters. The van der Waals surface area contributed by atoms with Gasteiger partial charge in [0.2, 0.25) is 0 Å². The topological polar surface area (TPSA) is 79.6 Å². The van der Waals surface area contributed by atoms with Crippen molar-refractivity contribution in [3.05, 3.63) is 60.8 Å². The summed E-state index contributed by atoms with van der Waals surface area (Å²) in [6.45, 7) is 11.0. The van der Waals surface area contributed by atoms with Crippen molar-refractivity contribution in [2.45, 2.75) is 44.6 Å². The number of aryl methyl sites for hydroxylation is 1. The molecule has 194 valence electrons. The van der Waals surface area contributed by atoms with Gasteiger partial charge >= 0.3 is 0 Å². The number of fused-ring (bicyclic) bond motifs is 5. The number of H-pyrrole nitrogens is 1. The normalized spacial score (nSPS) is 19.8. The number of nitrogens with zero attached hydrogens (tertiary/aromatic N) is 6. The average Bonchev–Trinajstić information content (AvgIpc) is 3.63. The first-order valence-corrected chi connectivity index (χ1v) is 13.5. The molecule has 8 heteroatoms. The third-order valence-electron chi connectivity index (χ3n) is 8.74. The molecule has 1 unspecified atom stereocenters. The van der Waals surface area contributed by atoms with Crippen LogP contribution in [0.5, 0.6) is 0 Å². The van der Waals surface area contributed by atoms with E-state index in [0.29, 0.717) is 0 Å². The zero-order valence-corrected chi connectivity index (χ0v) is 22.5. The summed E-state index contributed by atoms with van der Waals surface area (Å²) in [6.07, 6.45) is 11.3. The zero-order valence-electron chi connectivity index (χ0n) is 22.5. The van der Waals surface area contributed by atoms with E-state index < -0.39 is 0 Å². The summed E-state index contributed by atoms with van der Waals surface area (Å²) in [5.41, 5.74) is 10.1. The minimum absolute atomic E-state index is 0.122. The summed E-state index contributed by atoms with van der Waals surface area (Å²) in [5.74, 6) is 0. The highest BCUT2D eigenvalue weighted by Crippen LogP contribution is 2.56. The lowest BCUT2D eigenvalue weighted by Gasteiger charge is -2.31. The fraction of sp³-hybridized carbons (Fsp3) is 0.367. The summed E-state index contributed by atoms with van der Waals surface area (Å²) >= 11 is 0. The molecular formula is C30H34N8. The van der Waals surface area contributed by atoms with Crippen LogP contribution in [0.15, 0.2) is 55.3 Å². The molecule has 2 aliphatic rings. The molecule has 1 fully saturated rings. The Labute approximate surface area is 222 Å². The molecule has 2 aliphatic heterocycles. The second kappa shape index (κ2) is 8.30. The molecule has 1 saturated heterocycles. The highest BCUT2D eigenvalue weighted by molar-refractivity contribution is 6.08. The Bertz CT molecular complexity index is 1710. The fourth-order valence-electron chi connectivity index (χ4n) is 6.67. The van der Waals surface area contributed by atoms with Gasteiger partial charge in [0, 0.05) is 64.9 Å². The van der Waals surface area contributed by atoms with E-state index in [2.05, 4.69) is 77.3 Å². The van der Waals surface area contributed by atoms with Crippen molar-refractivity contribution in [1.82, 2.24) is 34.8 Å². The van der Waals surface area contributed by atoms with Crippen molar-refractivity contribution in [3.8, 4) is 22.4 Å². The number of hydrogen-bond donors (Lipinski definition) is 2. The first kappa shape index (κ1) is 23.2. The Morgan fingerprint density at radius 1 is 1.03 bits per heavy atom. The molecule has 38 heavy (non-hydrogen) atoms. The molecule has 1 spiro atoms. The van der Waals surface area contributed by atoms with Gasteiger partial charge in [-0.05, 0) is 63.9 Å². The molecule has 0 amide bonds. The fourth-order valence-corrected chi connectivity index (χ4v) is 6.67. The Morgan fingerprint density at radius 2 is 1.89 bits per heavy atom. The van der Waals surface area contributed by atoms with E-state index in [1.807, 2.05) is 35.0 Å². The van der Waals surface area contributed by atoms with Gasteiger partial charge in [-0.1, -0.05) is 12.6 Å². The van der Waals surface area contributed by atoms with Crippen molar-refractivity contribution in [1.29, 1.82) is 0 Å². The highest BCUT2D eigenvalue weighted by atomic mass is 15.3. The lowest BCUT2D eigenvalue weighted by molar-refractivity contribution is 0.463. The summed E-state index contributed by atoms with van der Waals surface area (Å²) < 4.78 is 3.94. The SMILES string of the molecule is C=C1N(C)c2cnc3[nH]c(-c4cnn(C(C)C)c4)c(-c4ccc5c(cnn5C)c4)c3c2C12CCCNCC2. The smallest absolute Gasteiger partial charge is 0.138 e. The van der Waals surface area contributed by atoms with Crippen LogP contribution in [-0.2, 0) is 12.5 Å². The monoisotopic (exact) mass is 506 g/mol. The number of allylic oxidation sites excluding steroid dienone is 1. The van der Waals surface area contributed by atoms with E-state index in [1.165, 1.54) is 22.2 Å². The molecule has 0 radical (unpaired) electrons. The van der Waals surface area contributed by atoms with E-state index in [-0.39, 0.29) is 11.5 Å². The molecule has 0 saturated carbocycles. The van der Waals surface area contributed by atoms with Gasteiger partial charge in [0.1, 0.15) is 5.65 Å². The van der Waals surface area contributed by atoms with Gasteiger partial charge < -0.3 is 15.2 Å². The van der Waals surface area contributed by atoms with Gasteiger partial charge in [0.15, 0.2) is 0 Å². The molecule has 7 rings (SSSR count). The lowest BCUT2D eigenvalue weighted by atomic mass is 9.72. The Hall–Kier alpha value is -3.91. The third-order valence-corrected chi connectivity index (χ3v) is 8.74. The summed E-state index contributed by atoms with van der Waals surface area (Å²) in [6, 6.07) is 6.93.